The van der Waals surface area contributed by atoms with Gasteiger partial charge in [-0.3, -0.25) is 9.78 Å². The average Bonchev–Trinajstić information content (AvgIpc) is 2.75. The van der Waals surface area contributed by atoms with Crippen LogP contribution in [0.25, 0.3) is 5.57 Å². The third kappa shape index (κ3) is 5.73. The number of hydrogen-bond donors (Lipinski definition) is 2. The Labute approximate surface area is 184 Å². The minimum Gasteiger partial charge on any atom is -0.362 e. The lowest BCUT2D eigenvalue weighted by Crippen LogP contribution is -2.56. The van der Waals surface area contributed by atoms with Gasteiger partial charge in [-0.2, -0.15) is 0 Å². The summed E-state index contributed by atoms with van der Waals surface area (Å²) in [5.41, 5.74) is 1.90. The maximum Gasteiger partial charge on any atom is 0.246 e. The lowest BCUT2D eigenvalue weighted by Gasteiger charge is -2.39. The molecule has 0 saturated carbocycles. The Balaban J connectivity index is 1.65. The third-order valence-electron chi connectivity index (χ3n) is 4.46. The highest BCUT2D eigenvalue weighted by Gasteiger charge is 2.29. The number of aliphatic imine (C=N–C) groups is 2. The molecule has 2 aromatic rings. The van der Waals surface area contributed by atoms with E-state index in [1.165, 1.54) is 24.3 Å². The van der Waals surface area contributed by atoms with Crippen LogP contribution in [0.5, 0.6) is 0 Å². The number of halogens is 2. The molecule has 1 fully saturated rings. The first-order valence-corrected chi connectivity index (χ1v) is 9.71. The number of likely N-dealkylation sites (tertiary alicyclic amines) is 1. The molecule has 0 spiro atoms. The monoisotopic (exact) mass is 441 g/mol. The number of guanidine groups is 1. The zero-order chi connectivity index (χ0) is 22.4. The van der Waals surface area contributed by atoms with Crippen LogP contribution in [-0.4, -0.2) is 52.6 Å². The van der Waals surface area contributed by atoms with Gasteiger partial charge in [0, 0.05) is 25.0 Å². The number of nitrogens with zero attached hydrogens (tertiary/aromatic N) is 5. The van der Waals surface area contributed by atoms with Gasteiger partial charge >= 0.3 is 0 Å². The molecule has 1 aromatic carbocycles. The fraction of sp³-hybridized carbons (Fsp3) is 0.190. The first-order chi connectivity index (χ1) is 14.9. The predicted octanol–water partition coefficient (Wildman–Crippen LogP) is 3.61. The number of anilines is 2. The summed E-state index contributed by atoms with van der Waals surface area (Å²) >= 11 is 5.79. The molecular formula is C21H21ClFN7O. The van der Waals surface area contributed by atoms with E-state index in [0.717, 1.165) is 5.57 Å². The highest BCUT2D eigenvalue weighted by atomic mass is 35.5. The Hall–Kier alpha value is -3.59. The molecule has 1 aliphatic rings. The summed E-state index contributed by atoms with van der Waals surface area (Å²) in [6.45, 7) is 9.97. The van der Waals surface area contributed by atoms with Crippen LogP contribution in [0.1, 0.15) is 12.6 Å². The molecule has 1 aliphatic heterocycles. The number of carbonyl (C=O) groups is 1. The molecule has 1 aromatic heterocycles. The minimum atomic E-state index is -0.512. The van der Waals surface area contributed by atoms with Gasteiger partial charge in [0.15, 0.2) is 0 Å². The number of rotatable bonds is 6. The normalized spacial score (nSPS) is 14.6. The molecule has 8 nitrogen and oxygen atoms in total. The first-order valence-electron chi connectivity index (χ1n) is 9.33. The van der Waals surface area contributed by atoms with E-state index in [1.54, 1.807) is 23.5 Å². The van der Waals surface area contributed by atoms with Gasteiger partial charge in [-0.1, -0.05) is 18.2 Å². The van der Waals surface area contributed by atoms with Crippen molar-refractivity contribution in [3.05, 3.63) is 66.0 Å². The number of nitrogens with one attached hydrogen (secondary N) is 2. The van der Waals surface area contributed by atoms with Crippen LogP contribution in [-0.2, 0) is 4.79 Å². The standard InChI is InChI=1S/C21H21ClFN7O/c1-4-20(31)30-11-15(12-30)27-19-10-25-9-18(29-19)13(2)8-26-21(24-3)28-14-5-6-17(23)16(22)7-14/h4-10,15H,1,3,11-12H2,2H3,(H,26,28)(H,27,29)/b13-8+. The lowest BCUT2D eigenvalue weighted by molar-refractivity contribution is -0.129. The number of aromatic nitrogens is 2. The predicted molar refractivity (Wildman–Crippen MR) is 122 cm³/mol. The maximum absolute atomic E-state index is 13.3. The van der Waals surface area contributed by atoms with Crippen molar-refractivity contribution in [1.82, 2.24) is 14.9 Å². The van der Waals surface area contributed by atoms with Gasteiger partial charge in [0.1, 0.15) is 11.6 Å². The molecule has 0 radical (unpaired) electrons. The quantitative estimate of drug-likeness (QED) is 0.405. The smallest absolute Gasteiger partial charge is 0.246 e. The summed E-state index contributed by atoms with van der Waals surface area (Å²) in [6, 6.07) is 4.30. The summed E-state index contributed by atoms with van der Waals surface area (Å²) in [6.07, 6.45) is 6.12. The van der Waals surface area contributed by atoms with Crippen molar-refractivity contribution >= 4 is 47.3 Å². The van der Waals surface area contributed by atoms with Crippen molar-refractivity contribution in [2.24, 2.45) is 9.98 Å². The van der Waals surface area contributed by atoms with Gasteiger partial charge in [0.2, 0.25) is 11.9 Å². The second-order valence-corrected chi connectivity index (χ2v) is 7.16. The fourth-order valence-electron chi connectivity index (χ4n) is 2.75. The molecule has 1 amide bonds. The van der Waals surface area contributed by atoms with Crippen molar-refractivity contribution in [2.75, 3.05) is 23.7 Å². The topological polar surface area (TPSA) is 94.9 Å². The molecule has 0 atom stereocenters. The maximum atomic E-state index is 13.3. The van der Waals surface area contributed by atoms with Gasteiger partial charge in [-0.15, -0.1) is 0 Å². The minimum absolute atomic E-state index is 0.0110. The fourth-order valence-corrected chi connectivity index (χ4v) is 2.93. The van der Waals surface area contributed by atoms with Crippen molar-refractivity contribution < 1.29 is 9.18 Å². The molecule has 31 heavy (non-hydrogen) atoms. The summed E-state index contributed by atoms with van der Waals surface area (Å²) in [5, 5.41) is 6.15. The molecule has 0 bridgehead atoms. The van der Waals surface area contributed by atoms with Gasteiger partial charge in [-0.05, 0) is 43.5 Å². The lowest BCUT2D eigenvalue weighted by atomic mass is 10.1. The second-order valence-electron chi connectivity index (χ2n) is 6.75. The van der Waals surface area contributed by atoms with Gasteiger partial charge < -0.3 is 15.5 Å². The van der Waals surface area contributed by atoms with Crippen LogP contribution >= 0.6 is 11.6 Å². The molecule has 2 N–H and O–H groups in total. The SMILES string of the molecule is C=CC(=O)N1CC(Nc2cncc(/C(C)=C/N=C(\N=C)Nc3ccc(F)c(Cl)c3)n2)C1. The van der Waals surface area contributed by atoms with Crippen molar-refractivity contribution in [3.63, 3.8) is 0 Å². The van der Waals surface area contributed by atoms with Crippen LogP contribution in [0.4, 0.5) is 15.9 Å². The Morgan fingerprint density at radius 2 is 2.16 bits per heavy atom. The zero-order valence-corrected chi connectivity index (χ0v) is 17.6. The summed E-state index contributed by atoms with van der Waals surface area (Å²) in [5.74, 6) is 0.219. The van der Waals surface area contributed by atoms with Crippen molar-refractivity contribution in [3.8, 4) is 0 Å². The van der Waals surface area contributed by atoms with Crippen molar-refractivity contribution in [1.29, 1.82) is 0 Å². The van der Waals surface area contributed by atoms with E-state index >= 15 is 0 Å². The zero-order valence-electron chi connectivity index (χ0n) is 16.8. The molecule has 160 valence electrons. The molecule has 1 saturated heterocycles. The first kappa shape index (κ1) is 22.1. The Morgan fingerprint density at radius 3 is 2.84 bits per heavy atom. The number of benzene rings is 1. The molecule has 3 rings (SSSR count). The molecule has 0 unspecified atom stereocenters. The van der Waals surface area contributed by atoms with E-state index in [0.29, 0.717) is 30.3 Å². The highest BCUT2D eigenvalue weighted by Crippen LogP contribution is 2.20. The number of carbonyl (C=O) groups excluding carboxylic acids is 1. The number of hydrogen-bond acceptors (Lipinski definition) is 5. The van der Waals surface area contributed by atoms with Gasteiger partial charge in [0.25, 0.3) is 0 Å². The Morgan fingerprint density at radius 1 is 1.39 bits per heavy atom. The van der Waals surface area contributed by atoms with Gasteiger partial charge in [0.05, 0.1) is 29.2 Å². The van der Waals surface area contributed by atoms with E-state index in [4.69, 9.17) is 11.6 Å². The van der Waals surface area contributed by atoms with Crippen LogP contribution in [0.2, 0.25) is 5.02 Å². The van der Waals surface area contributed by atoms with Crippen LogP contribution < -0.4 is 10.6 Å². The molecule has 10 heteroatoms. The van der Waals surface area contributed by atoms with E-state index in [2.05, 4.69) is 43.9 Å². The summed E-state index contributed by atoms with van der Waals surface area (Å²) in [7, 11) is 0. The number of allylic oxidation sites excluding steroid dienone is 1. The third-order valence-corrected chi connectivity index (χ3v) is 4.75. The number of amides is 1. The average molecular weight is 442 g/mol. The highest BCUT2D eigenvalue weighted by molar-refractivity contribution is 6.31. The van der Waals surface area contributed by atoms with Crippen LogP contribution in [0, 0.1) is 5.82 Å². The van der Waals surface area contributed by atoms with Crippen molar-refractivity contribution in [2.45, 2.75) is 13.0 Å². The van der Waals surface area contributed by atoms with E-state index in [-0.39, 0.29) is 22.9 Å². The molecular weight excluding hydrogens is 421 g/mol. The summed E-state index contributed by atoms with van der Waals surface area (Å²) < 4.78 is 13.3. The second kappa shape index (κ2) is 9.94. The van der Waals surface area contributed by atoms with Crippen LogP contribution in [0.15, 0.2) is 59.4 Å². The Kier molecular flexibility index (Phi) is 7.09. The van der Waals surface area contributed by atoms with E-state index in [1.807, 2.05) is 6.92 Å². The van der Waals surface area contributed by atoms with E-state index < -0.39 is 5.82 Å². The van der Waals surface area contributed by atoms with Gasteiger partial charge in [-0.25, -0.2) is 19.4 Å². The largest absolute Gasteiger partial charge is 0.362 e. The summed E-state index contributed by atoms with van der Waals surface area (Å²) in [4.78, 5) is 30.0. The Bertz CT molecular complexity index is 1060. The molecule has 0 aliphatic carbocycles. The van der Waals surface area contributed by atoms with E-state index in [9.17, 15) is 9.18 Å². The van der Waals surface area contributed by atoms with Crippen LogP contribution in [0.3, 0.4) is 0 Å². The molecule has 2 heterocycles.